The van der Waals surface area contributed by atoms with Gasteiger partial charge in [-0.2, -0.15) is 0 Å². The fraction of sp³-hybridized carbons (Fsp3) is 0.571. The fourth-order valence-corrected chi connectivity index (χ4v) is 2.88. The summed E-state index contributed by atoms with van der Waals surface area (Å²) in [7, 11) is 0. The first-order valence-electron chi connectivity index (χ1n) is 6.56. The first-order valence-corrected chi connectivity index (χ1v) is 6.56. The predicted molar refractivity (Wildman–Crippen MR) is 66.7 cm³/mol. The molecule has 0 radical (unpaired) electrons. The summed E-state index contributed by atoms with van der Waals surface area (Å²) in [6, 6.07) is 7.50. The normalized spacial score (nSPS) is 37.1. The van der Waals surface area contributed by atoms with E-state index in [1.807, 2.05) is 24.3 Å². The average Bonchev–Trinajstić information content (AvgIpc) is 2.75. The van der Waals surface area contributed by atoms with E-state index in [-0.39, 0.29) is 12.7 Å². The van der Waals surface area contributed by atoms with Gasteiger partial charge in [-0.1, -0.05) is 18.2 Å². The van der Waals surface area contributed by atoms with E-state index in [1.165, 1.54) is 0 Å². The van der Waals surface area contributed by atoms with Crippen molar-refractivity contribution in [2.45, 2.75) is 43.4 Å². The van der Waals surface area contributed by atoms with Crippen LogP contribution in [-0.4, -0.2) is 46.0 Å². The number of ether oxygens (including phenoxy) is 2. The summed E-state index contributed by atoms with van der Waals surface area (Å²) in [5.41, 5.74) is 0.957. The number of para-hydroxylation sites is 1. The highest BCUT2D eigenvalue weighted by Gasteiger charge is 2.54. The molecule has 2 aliphatic rings. The molecular weight excluding hydrogens is 248 g/mol. The summed E-state index contributed by atoms with van der Waals surface area (Å²) in [4.78, 5) is 0. The van der Waals surface area contributed by atoms with Crippen molar-refractivity contribution < 1.29 is 24.8 Å². The highest BCUT2D eigenvalue weighted by atomic mass is 16.7. The third-order valence-electron chi connectivity index (χ3n) is 3.83. The molecule has 104 valence electrons. The lowest BCUT2D eigenvalue weighted by Gasteiger charge is -2.43. The number of aliphatic hydroxyl groups is 3. The van der Waals surface area contributed by atoms with Crippen molar-refractivity contribution in [3.8, 4) is 5.75 Å². The highest BCUT2D eigenvalue weighted by Crippen LogP contribution is 2.42. The van der Waals surface area contributed by atoms with Gasteiger partial charge in [0.05, 0.1) is 12.2 Å². The Morgan fingerprint density at radius 3 is 2.79 bits per heavy atom. The van der Waals surface area contributed by atoms with Crippen molar-refractivity contribution >= 4 is 0 Å². The molecule has 2 aliphatic heterocycles. The molecule has 0 unspecified atom stereocenters. The summed E-state index contributed by atoms with van der Waals surface area (Å²) < 4.78 is 11.6. The van der Waals surface area contributed by atoms with Crippen molar-refractivity contribution in [3.63, 3.8) is 0 Å². The summed E-state index contributed by atoms with van der Waals surface area (Å²) in [5.74, 6) is -0.542. The third-order valence-corrected chi connectivity index (χ3v) is 3.83. The van der Waals surface area contributed by atoms with Crippen LogP contribution in [0.2, 0.25) is 0 Å². The van der Waals surface area contributed by atoms with Crippen molar-refractivity contribution in [1.82, 2.24) is 0 Å². The Hall–Kier alpha value is -1.14. The molecule has 1 spiro atoms. The van der Waals surface area contributed by atoms with Crippen molar-refractivity contribution in [2.24, 2.45) is 0 Å². The van der Waals surface area contributed by atoms with Crippen LogP contribution in [-0.2, 0) is 11.2 Å². The zero-order valence-corrected chi connectivity index (χ0v) is 10.5. The van der Waals surface area contributed by atoms with Crippen LogP contribution in [0.3, 0.4) is 0 Å². The summed E-state index contributed by atoms with van der Waals surface area (Å²) in [6.07, 6.45) is -1.16. The van der Waals surface area contributed by atoms with Crippen LogP contribution in [0.25, 0.3) is 0 Å². The maximum absolute atomic E-state index is 10.2. The van der Waals surface area contributed by atoms with Crippen LogP contribution in [0.15, 0.2) is 24.3 Å². The van der Waals surface area contributed by atoms with E-state index in [4.69, 9.17) is 14.6 Å². The molecule has 0 amide bonds. The minimum absolute atomic E-state index is 0.0174. The summed E-state index contributed by atoms with van der Waals surface area (Å²) in [5, 5.41) is 29.2. The van der Waals surface area contributed by atoms with Gasteiger partial charge in [0.1, 0.15) is 11.9 Å². The van der Waals surface area contributed by atoms with Crippen molar-refractivity contribution in [2.75, 3.05) is 6.61 Å². The van der Waals surface area contributed by atoms with Gasteiger partial charge in [-0.3, -0.25) is 0 Å². The van der Waals surface area contributed by atoms with Crippen molar-refractivity contribution in [1.29, 1.82) is 0 Å². The first-order chi connectivity index (χ1) is 9.14. The Labute approximate surface area is 111 Å². The highest BCUT2D eigenvalue weighted by molar-refractivity contribution is 5.39. The second-order valence-corrected chi connectivity index (χ2v) is 5.20. The molecule has 0 bridgehead atoms. The lowest BCUT2D eigenvalue weighted by molar-refractivity contribution is -0.301. The quantitative estimate of drug-likeness (QED) is 0.713. The molecule has 0 saturated carbocycles. The summed E-state index contributed by atoms with van der Waals surface area (Å²) >= 11 is 0. The maximum Gasteiger partial charge on any atom is 0.243 e. The average molecular weight is 266 g/mol. The molecule has 19 heavy (non-hydrogen) atoms. The molecule has 5 heteroatoms. The number of hydrogen-bond acceptors (Lipinski definition) is 5. The van der Waals surface area contributed by atoms with Crippen LogP contribution in [0.4, 0.5) is 0 Å². The second-order valence-electron chi connectivity index (χ2n) is 5.20. The molecule has 1 aromatic rings. The Kier molecular flexibility index (Phi) is 3.22. The van der Waals surface area contributed by atoms with Crippen LogP contribution in [0.5, 0.6) is 5.75 Å². The lowest BCUT2D eigenvalue weighted by atomic mass is 9.91. The smallest absolute Gasteiger partial charge is 0.243 e. The Balaban J connectivity index is 1.87. The van der Waals surface area contributed by atoms with Gasteiger partial charge in [0.2, 0.25) is 5.79 Å². The molecule has 3 rings (SSSR count). The molecule has 1 fully saturated rings. The number of fused-ring (bicyclic) bond motifs is 1. The minimum atomic E-state index is -1.22. The summed E-state index contributed by atoms with van der Waals surface area (Å²) in [6.45, 7) is -0.0174. The monoisotopic (exact) mass is 266 g/mol. The van der Waals surface area contributed by atoms with Gasteiger partial charge in [0, 0.05) is 25.0 Å². The zero-order chi connectivity index (χ0) is 13.5. The molecule has 2 heterocycles. The number of hydrogen-bond donors (Lipinski definition) is 3. The van der Waals surface area contributed by atoms with E-state index in [2.05, 4.69) is 0 Å². The Morgan fingerprint density at radius 2 is 2.05 bits per heavy atom. The predicted octanol–water partition coefficient (Wildman–Crippen LogP) is 0.211. The molecule has 0 aliphatic carbocycles. The SMILES string of the molecule is OCC[C@H]1C[C@H](O)[C@@H](O)[C@@]2(Cc3ccccc3O2)O1. The van der Waals surface area contributed by atoms with E-state index < -0.39 is 18.0 Å². The molecule has 5 nitrogen and oxygen atoms in total. The number of benzene rings is 1. The standard InChI is InChI=1S/C14H18O5/c15-6-5-10-7-11(16)13(17)14(18-10)8-9-3-1-2-4-12(9)19-14/h1-4,10-11,13,15-17H,5-8H2/t10-,11-,13+,14-/m0/s1. The van der Waals surface area contributed by atoms with E-state index in [0.717, 1.165) is 5.56 Å². The van der Waals surface area contributed by atoms with Crippen molar-refractivity contribution in [3.05, 3.63) is 29.8 Å². The second kappa shape index (κ2) is 4.76. The van der Waals surface area contributed by atoms with Gasteiger partial charge in [-0.05, 0) is 12.5 Å². The van der Waals surface area contributed by atoms with Gasteiger partial charge >= 0.3 is 0 Å². The van der Waals surface area contributed by atoms with Crippen LogP contribution < -0.4 is 4.74 Å². The van der Waals surface area contributed by atoms with Gasteiger partial charge in [0.15, 0.2) is 0 Å². The number of rotatable bonds is 2. The van der Waals surface area contributed by atoms with Crippen LogP contribution >= 0.6 is 0 Å². The fourth-order valence-electron chi connectivity index (χ4n) is 2.88. The zero-order valence-electron chi connectivity index (χ0n) is 10.5. The van der Waals surface area contributed by atoms with Crippen LogP contribution in [0.1, 0.15) is 18.4 Å². The number of aliphatic hydroxyl groups excluding tert-OH is 3. The maximum atomic E-state index is 10.2. The molecular formula is C14H18O5. The van der Waals surface area contributed by atoms with E-state index in [1.54, 1.807) is 0 Å². The topological polar surface area (TPSA) is 79.2 Å². The van der Waals surface area contributed by atoms with Crippen LogP contribution in [0, 0.1) is 0 Å². The van der Waals surface area contributed by atoms with E-state index in [9.17, 15) is 10.2 Å². The van der Waals surface area contributed by atoms with E-state index >= 15 is 0 Å². The Morgan fingerprint density at radius 1 is 1.26 bits per heavy atom. The third kappa shape index (κ3) is 2.12. The van der Waals surface area contributed by atoms with Gasteiger partial charge in [-0.25, -0.2) is 0 Å². The molecule has 4 atom stereocenters. The van der Waals surface area contributed by atoms with Gasteiger partial charge in [0.25, 0.3) is 0 Å². The molecule has 3 N–H and O–H groups in total. The van der Waals surface area contributed by atoms with Gasteiger partial charge < -0.3 is 24.8 Å². The lowest BCUT2D eigenvalue weighted by Crippen LogP contribution is -2.60. The van der Waals surface area contributed by atoms with Gasteiger partial charge in [-0.15, -0.1) is 0 Å². The molecule has 1 aromatic carbocycles. The van der Waals surface area contributed by atoms with E-state index in [0.29, 0.717) is 25.0 Å². The molecule has 0 aromatic heterocycles. The minimum Gasteiger partial charge on any atom is -0.459 e. The first kappa shape index (κ1) is 12.9. The largest absolute Gasteiger partial charge is 0.459 e. The molecule has 1 saturated heterocycles. The Bertz CT molecular complexity index is 436.